The second kappa shape index (κ2) is 6.22. The maximum absolute atomic E-state index is 13.3. The van der Waals surface area contributed by atoms with E-state index in [1.807, 2.05) is 19.9 Å². The molecule has 1 atom stereocenters. The Bertz CT molecular complexity index is 1030. The fourth-order valence-electron chi connectivity index (χ4n) is 4.01. The molecule has 8 nitrogen and oxygen atoms in total. The van der Waals surface area contributed by atoms with Crippen LogP contribution in [0.5, 0.6) is 0 Å². The van der Waals surface area contributed by atoms with Gasteiger partial charge in [-0.05, 0) is 57.2 Å². The van der Waals surface area contributed by atoms with Crippen LogP contribution in [0.4, 0.5) is 17.3 Å². The molecule has 2 aliphatic rings. The van der Waals surface area contributed by atoms with Gasteiger partial charge in [0, 0.05) is 6.07 Å². The molecule has 8 heteroatoms. The molecule has 0 saturated carbocycles. The molecule has 0 fully saturated rings. The number of nitrogens with two attached hydrogens (primary N) is 1. The highest BCUT2D eigenvalue weighted by atomic mass is 16.2. The summed E-state index contributed by atoms with van der Waals surface area (Å²) < 4.78 is 1.60. The summed E-state index contributed by atoms with van der Waals surface area (Å²) in [6.45, 7) is 3.87. The minimum atomic E-state index is -0.808. The Morgan fingerprint density at radius 3 is 2.81 bits per heavy atom. The number of aromatic nitrogens is 3. The molecule has 1 amide bonds. The molecule has 0 saturated heterocycles. The van der Waals surface area contributed by atoms with Crippen molar-refractivity contribution < 1.29 is 4.79 Å². The van der Waals surface area contributed by atoms with E-state index in [9.17, 15) is 9.59 Å². The number of pyridine rings is 1. The summed E-state index contributed by atoms with van der Waals surface area (Å²) in [6.07, 6.45) is 6.99. The SMILES string of the molecule is CC1=CC2(CCCC1)NC(=O)c1c(C)cc(Nc3cc(N)ncn3)c(=O)n12. The molecule has 0 radical (unpaired) electrons. The molecule has 1 aliphatic carbocycles. The summed E-state index contributed by atoms with van der Waals surface area (Å²) in [5.74, 6) is 0.521. The Kier molecular flexibility index (Phi) is 3.98. The Labute approximate surface area is 156 Å². The van der Waals surface area contributed by atoms with Gasteiger partial charge in [0.25, 0.3) is 11.5 Å². The molecule has 4 N–H and O–H groups in total. The predicted molar refractivity (Wildman–Crippen MR) is 103 cm³/mol. The van der Waals surface area contributed by atoms with Gasteiger partial charge in [0.1, 0.15) is 35.0 Å². The zero-order chi connectivity index (χ0) is 19.2. The van der Waals surface area contributed by atoms with Crippen LogP contribution in [0.2, 0.25) is 0 Å². The summed E-state index contributed by atoms with van der Waals surface area (Å²) in [5, 5.41) is 6.08. The normalized spacial score (nSPS) is 21.4. The molecule has 140 valence electrons. The maximum Gasteiger partial charge on any atom is 0.277 e. The van der Waals surface area contributed by atoms with E-state index >= 15 is 0 Å². The molecular formula is C19H22N6O2. The molecule has 0 bridgehead atoms. The molecule has 3 heterocycles. The quantitative estimate of drug-likeness (QED) is 0.702. The van der Waals surface area contributed by atoms with Crippen LogP contribution < -0.4 is 21.9 Å². The van der Waals surface area contributed by atoms with Gasteiger partial charge in [-0.1, -0.05) is 5.57 Å². The lowest BCUT2D eigenvalue weighted by atomic mass is 10.0. The van der Waals surface area contributed by atoms with Crippen LogP contribution in [-0.2, 0) is 5.66 Å². The average Bonchev–Trinajstić information content (AvgIpc) is 2.75. The summed E-state index contributed by atoms with van der Waals surface area (Å²) in [6, 6.07) is 3.24. The Morgan fingerprint density at radius 1 is 1.22 bits per heavy atom. The third-order valence-corrected chi connectivity index (χ3v) is 5.15. The number of aryl methyl sites for hydroxylation is 1. The van der Waals surface area contributed by atoms with Gasteiger partial charge >= 0.3 is 0 Å². The monoisotopic (exact) mass is 366 g/mol. The highest BCUT2D eigenvalue weighted by Crippen LogP contribution is 2.35. The number of fused-ring (bicyclic) bond motifs is 2. The lowest BCUT2D eigenvalue weighted by Gasteiger charge is -2.28. The Hall–Kier alpha value is -3.16. The summed E-state index contributed by atoms with van der Waals surface area (Å²) in [7, 11) is 0. The number of anilines is 3. The van der Waals surface area contributed by atoms with Crippen molar-refractivity contribution in [3.8, 4) is 0 Å². The van der Waals surface area contributed by atoms with Gasteiger partial charge in [0.05, 0.1) is 0 Å². The number of hydrogen-bond donors (Lipinski definition) is 3. The van der Waals surface area contributed by atoms with Crippen LogP contribution >= 0.6 is 0 Å². The van der Waals surface area contributed by atoms with Gasteiger partial charge in [-0.25, -0.2) is 9.97 Å². The summed E-state index contributed by atoms with van der Waals surface area (Å²) >= 11 is 0. The summed E-state index contributed by atoms with van der Waals surface area (Å²) in [4.78, 5) is 34.0. The highest BCUT2D eigenvalue weighted by molar-refractivity contribution is 5.97. The van der Waals surface area contributed by atoms with Crippen LogP contribution in [0.25, 0.3) is 0 Å². The largest absolute Gasteiger partial charge is 0.384 e. The second-order valence-electron chi connectivity index (χ2n) is 7.26. The first-order chi connectivity index (χ1) is 12.9. The minimum Gasteiger partial charge on any atom is -0.384 e. The van der Waals surface area contributed by atoms with E-state index in [4.69, 9.17) is 5.73 Å². The number of nitrogen functional groups attached to an aromatic ring is 1. The topological polar surface area (TPSA) is 115 Å². The van der Waals surface area contributed by atoms with Crippen molar-refractivity contribution in [2.45, 2.75) is 45.2 Å². The summed E-state index contributed by atoms with van der Waals surface area (Å²) in [5.41, 5.74) is 7.28. The van der Waals surface area contributed by atoms with Gasteiger partial charge in [-0.2, -0.15) is 0 Å². The van der Waals surface area contributed by atoms with Crippen molar-refractivity contribution in [3.63, 3.8) is 0 Å². The molecule has 2 aromatic rings. The van der Waals surface area contributed by atoms with Gasteiger partial charge < -0.3 is 16.4 Å². The van der Waals surface area contributed by atoms with Crippen molar-refractivity contribution >= 4 is 23.2 Å². The van der Waals surface area contributed by atoms with Gasteiger partial charge in [-0.3, -0.25) is 14.2 Å². The van der Waals surface area contributed by atoms with Crippen molar-refractivity contribution in [1.82, 2.24) is 19.9 Å². The maximum atomic E-state index is 13.3. The van der Waals surface area contributed by atoms with E-state index in [1.54, 1.807) is 16.7 Å². The third-order valence-electron chi connectivity index (χ3n) is 5.15. The van der Waals surface area contributed by atoms with E-state index in [2.05, 4.69) is 20.6 Å². The third kappa shape index (κ3) is 2.87. The molecule has 27 heavy (non-hydrogen) atoms. The second-order valence-corrected chi connectivity index (χ2v) is 7.26. The molecule has 1 spiro atoms. The van der Waals surface area contributed by atoms with Gasteiger partial charge in [0.15, 0.2) is 0 Å². The first kappa shape index (κ1) is 17.3. The van der Waals surface area contributed by atoms with Crippen LogP contribution in [0.15, 0.2) is 34.9 Å². The van der Waals surface area contributed by atoms with Crippen LogP contribution in [0.1, 0.15) is 48.7 Å². The van der Waals surface area contributed by atoms with Crippen molar-refractivity contribution in [3.05, 3.63) is 51.7 Å². The smallest absolute Gasteiger partial charge is 0.277 e. The predicted octanol–water partition coefficient (Wildman–Crippen LogP) is 2.19. The van der Waals surface area contributed by atoms with Gasteiger partial charge in [0.2, 0.25) is 0 Å². The highest BCUT2D eigenvalue weighted by Gasteiger charge is 2.43. The molecule has 2 aromatic heterocycles. The number of hydrogen-bond acceptors (Lipinski definition) is 6. The fourth-order valence-corrected chi connectivity index (χ4v) is 4.01. The van der Waals surface area contributed by atoms with E-state index in [0.29, 0.717) is 29.4 Å². The first-order valence-corrected chi connectivity index (χ1v) is 9.02. The number of carbonyl (C=O) groups excluding carboxylic acids is 1. The van der Waals surface area contributed by atoms with Crippen LogP contribution in [0.3, 0.4) is 0 Å². The lowest BCUT2D eigenvalue weighted by Crippen LogP contribution is -2.46. The number of nitrogens with zero attached hydrogens (tertiary/aromatic N) is 3. The van der Waals surface area contributed by atoms with E-state index in [1.165, 1.54) is 11.9 Å². The number of rotatable bonds is 2. The van der Waals surface area contributed by atoms with E-state index < -0.39 is 5.66 Å². The molecule has 1 unspecified atom stereocenters. The number of carbonyl (C=O) groups is 1. The van der Waals surface area contributed by atoms with Crippen LogP contribution in [0, 0.1) is 6.92 Å². The van der Waals surface area contributed by atoms with Gasteiger partial charge in [-0.15, -0.1) is 0 Å². The van der Waals surface area contributed by atoms with Crippen LogP contribution in [-0.4, -0.2) is 20.4 Å². The Balaban J connectivity index is 1.88. The van der Waals surface area contributed by atoms with E-state index in [0.717, 1.165) is 24.8 Å². The first-order valence-electron chi connectivity index (χ1n) is 9.02. The zero-order valence-electron chi connectivity index (χ0n) is 15.4. The fraction of sp³-hybridized carbons (Fsp3) is 0.368. The number of amides is 1. The average molecular weight is 366 g/mol. The molecule has 4 rings (SSSR count). The lowest BCUT2D eigenvalue weighted by molar-refractivity contribution is 0.0934. The van der Waals surface area contributed by atoms with Crippen molar-refractivity contribution in [2.75, 3.05) is 11.1 Å². The van der Waals surface area contributed by atoms with Crippen molar-refractivity contribution in [2.24, 2.45) is 0 Å². The minimum absolute atomic E-state index is 0.214. The number of nitrogens with one attached hydrogen (secondary N) is 2. The Morgan fingerprint density at radius 2 is 2.04 bits per heavy atom. The number of allylic oxidation sites excluding steroid dienone is 1. The molecular weight excluding hydrogens is 344 g/mol. The van der Waals surface area contributed by atoms with Crippen molar-refractivity contribution in [1.29, 1.82) is 0 Å². The molecule has 1 aliphatic heterocycles. The standard InChI is InChI=1S/C19H22N6O2/c1-11-5-3-4-6-19(9-11)24-17(26)16-12(2)7-13(18(27)25(16)19)23-15-8-14(20)21-10-22-15/h7-10H,3-6H2,1-2H3,(H,24,26)(H3,20,21,22,23). The zero-order valence-corrected chi connectivity index (χ0v) is 15.4. The van der Waals surface area contributed by atoms with E-state index in [-0.39, 0.29) is 11.5 Å². The molecule has 0 aromatic carbocycles.